The molecule has 4 heteroatoms. The van der Waals surface area contributed by atoms with E-state index in [4.69, 9.17) is 22.8 Å². The lowest BCUT2D eigenvalue weighted by molar-refractivity contribution is -0.0665. The Hall–Kier alpha value is -1.24. The van der Waals surface area contributed by atoms with Gasteiger partial charge in [0.2, 0.25) is 0 Å². The van der Waals surface area contributed by atoms with E-state index >= 15 is 0 Å². The summed E-state index contributed by atoms with van der Waals surface area (Å²) in [5.74, 6) is 3.50. The van der Waals surface area contributed by atoms with E-state index in [0.717, 1.165) is 13.1 Å². The van der Waals surface area contributed by atoms with Crippen molar-refractivity contribution in [2.75, 3.05) is 13.1 Å². The molecule has 0 radical (unpaired) electrons. The molecule has 0 aromatic carbocycles. The summed E-state index contributed by atoms with van der Waals surface area (Å²) in [7, 11) is 0. The SMILES string of the molecule is C#CC(C)(C)C(Oc1ccc(Cl)nc1)N1CCC1. The Morgan fingerprint density at radius 2 is 2.22 bits per heavy atom. The Labute approximate surface area is 113 Å². The molecule has 1 aliphatic rings. The van der Waals surface area contributed by atoms with Crippen LogP contribution in [0.25, 0.3) is 0 Å². The molecule has 1 fully saturated rings. The summed E-state index contributed by atoms with van der Waals surface area (Å²) >= 11 is 5.76. The molecule has 0 spiro atoms. The summed E-state index contributed by atoms with van der Waals surface area (Å²) in [6.45, 7) is 6.08. The van der Waals surface area contributed by atoms with Crippen molar-refractivity contribution in [3.8, 4) is 18.1 Å². The Morgan fingerprint density at radius 3 is 2.67 bits per heavy atom. The molecule has 1 aliphatic heterocycles. The van der Waals surface area contributed by atoms with Crippen LogP contribution in [-0.2, 0) is 0 Å². The maximum Gasteiger partial charge on any atom is 0.168 e. The van der Waals surface area contributed by atoms with Crippen LogP contribution in [0.1, 0.15) is 20.3 Å². The van der Waals surface area contributed by atoms with E-state index in [9.17, 15) is 0 Å². The van der Waals surface area contributed by atoms with Crippen LogP contribution in [0, 0.1) is 17.8 Å². The lowest BCUT2D eigenvalue weighted by Crippen LogP contribution is -2.54. The minimum absolute atomic E-state index is 0.126. The third-order valence-corrected chi connectivity index (χ3v) is 3.38. The molecule has 0 N–H and O–H groups in total. The first-order valence-electron chi connectivity index (χ1n) is 6.03. The van der Waals surface area contributed by atoms with Gasteiger partial charge in [0.15, 0.2) is 6.23 Å². The number of likely N-dealkylation sites (tertiary alicyclic amines) is 1. The monoisotopic (exact) mass is 264 g/mol. The van der Waals surface area contributed by atoms with E-state index in [2.05, 4.69) is 15.8 Å². The summed E-state index contributed by atoms with van der Waals surface area (Å²) in [5.41, 5.74) is -0.347. The van der Waals surface area contributed by atoms with E-state index in [1.807, 2.05) is 19.9 Å². The summed E-state index contributed by atoms with van der Waals surface area (Å²) in [6, 6.07) is 3.53. The van der Waals surface area contributed by atoms with Crippen LogP contribution in [0.5, 0.6) is 5.75 Å². The Bertz CT molecular complexity index is 446. The number of nitrogens with zero attached hydrogens (tertiary/aromatic N) is 2. The number of hydrogen-bond acceptors (Lipinski definition) is 3. The molecule has 0 amide bonds. The summed E-state index contributed by atoms with van der Waals surface area (Å²) in [6.07, 6.45) is 8.30. The first kappa shape index (κ1) is 13.2. The van der Waals surface area contributed by atoms with Crippen molar-refractivity contribution in [2.24, 2.45) is 5.41 Å². The second-order valence-electron chi connectivity index (χ2n) is 5.04. The predicted molar refractivity (Wildman–Crippen MR) is 72.5 cm³/mol. The zero-order chi connectivity index (χ0) is 13.2. The van der Waals surface area contributed by atoms with Gasteiger partial charge >= 0.3 is 0 Å². The van der Waals surface area contributed by atoms with Gasteiger partial charge in [0.05, 0.1) is 11.6 Å². The molecular weight excluding hydrogens is 248 g/mol. The van der Waals surface area contributed by atoms with Crippen molar-refractivity contribution >= 4 is 11.6 Å². The van der Waals surface area contributed by atoms with Gasteiger partial charge in [-0.05, 0) is 32.4 Å². The normalized spacial score (nSPS) is 17.7. The highest BCUT2D eigenvalue weighted by Crippen LogP contribution is 2.30. The van der Waals surface area contributed by atoms with Crippen LogP contribution in [0.2, 0.25) is 5.15 Å². The highest BCUT2D eigenvalue weighted by Gasteiger charge is 2.37. The largest absolute Gasteiger partial charge is 0.472 e. The van der Waals surface area contributed by atoms with Gasteiger partial charge in [-0.1, -0.05) is 17.5 Å². The zero-order valence-corrected chi connectivity index (χ0v) is 11.4. The average Bonchev–Trinajstić information content (AvgIpc) is 2.28. The molecule has 1 aromatic rings. The van der Waals surface area contributed by atoms with Crippen LogP contribution in [0.3, 0.4) is 0 Å². The molecule has 0 bridgehead atoms. The highest BCUT2D eigenvalue weighted by atomic mass is 35.5. The number of rotatable bonds is 4. The average molecular weight is 265 g/mol. The quantitative estimate of drug-likeness (QED) is 0.618. The smallest absolute Gasteiger partial charge is 0.168 e. The van der Waals surface area contributed by atoms with Crippen LogP contribution >= 0.6 is 11.6 Å². The molecule has 2 heterocycles. The van der Waals surface area contributed by atoms with Gasteiger partial charge in [-0.2, -0.15) is 0 Å². The molecular formula is C14H17ClN2O. The fourth-order valence-electron chi connectivity index (χ4n) is 1.89. The number of aromatic nitrogens is 1. The predicted octanol–water partition coefficient (Wildman–Crippen LogP) is 2.81. The van der Waals surface area contributed by atoms with Gasteiger partial charge in [0.25, 0.3) is 0 Å². The van der Waals surface area contributed by atoms with Crippen LogP contribution in [0.4, 0.5) is 0 Å². The van der Waals surface area contributed by atoms with Gasteiger partial charge in [0, 0.05) is 13.1 Å². The molecule has 1 aromatic heterocycles. The Morgan fingerprint density at radius 1 is 1.50 bits per heavy atom. The van der Waals surface area contributed by atoms with Crippen molar-refractivity contribution in [1.29, 1.82) is 0 Å². The number of hydrogen-bond donors (Lipinski definition) is 0. The van der Waals surface area contributed by atoms with Gasteiger partial charge in [-0.25, -0.2) is 4.98 Å². The van der Waals surface area contributed by atoms with E-state index in [1.54, 1.807) is 12.3 Å². The maximum atomic E-state index is 5.99. The lowest BCUT2D eigenvalue weighted by Gasteiger charge is -2.43. The van der Waals surface area contributed by atoms with Crippen molar-refractivity contribution in [3.63, 3.8) is 0 Å². The van der Waals surface area contributed by atoms with Crippen LogP contribution in [-0.4, -0.2) is 29.2 Å². The van der Waals surface area contributed by atoms with Crippen molar-refractivity contribution in [2.45, 2.75) is 26.5 Å². The second kappa shape index (κ2) is 5.17. The maximum absolute atomic E-state index is 5.99. The Kier molecular flexibility index (Phi) is 3.79. The lowest BCUT2D eigenvalue weighted by atomic mass is 9.90. The summed E-state index contributed by atoms with van der Waals surface area (Å²) in [5, 5.41) is 0.457. The number of ether oxygens (including phenoxy) is 1. The van der Waals surface area contributed by atoms with Gasteiger partial charge in [0.1, 0.15) is 10.9 Å². The van der Waals surface area contributed by atoms with Crippen molar-refractivity contribution < 1.29 is 4.74 Å². The van der Waals surface area contributed by atoms with E-state index in [1.165, 1.54) is 6.42 Å². The topological polar surface area (TPSA) is 25.4 Å². The van der Waals surface area contributed by atoms with Gasteiger partial charge in [-0.15, -0.1) is 6.42 Å². The molecule has 18 heavy (non-hydrogen) atoms. The standard InChI is InChI=1S/C14H17ClN2O/c1-4-14(2,3)13(17-8-5-9-17)18-11-6-7-12(15)16-10-11/h1,6-7,10,13H,5,8-9H2,2-3H3. The number of halogens is 1. The minimum atomic E-state index is -0.347. The molecule has 3 nitrogen and oxygen atoms in total. The molecule has 2 rings (SSSR count). The summed E-state index contributed by atoms with van der Waals surface area (Å²) < 4.78 is 5.99. The van der Waals surface area contributed by atoms with E-state index in [0.29, 0.717) is 10.9 Å². The van der Waals surface area contributed by atoms with E-state index in [-0.39, 0.29) is 11.6 Å². The van der Waals surface area contributed by atoms with Crippen molar-refractivity contribution in [3.05, 3.63) is 23.5 Å². The van der Waals surface area contributed by atoms with E-state index < -0.39 is 0 Å². The first-order chi connectivity index (χ1) is 8.53. The number of pyridine rings is 1. The second-order valence-corrected chi connectivity index (χ2v) is 5.43. The fraction of sp³-hybridized carbons (Fsp3) is 0.500. The van der Waals surface area contributed by atoms with Crippen molar-refractivity contribution in [1.82, 2.24) is 9.88 Å². The third kappa shape index (κ3) is 2.77. The molecule has 0 saturated carbocycles. The minimum Gasteiger partial charge on any atom is -0.472 e. The molecule has 1 atom stereocenters. The molecule has 96 valence electrons. The van der Waals surface area contributed by atoms with Gasteiger partial charge in [-0.3, -0.25) is 4.90 Å². The van der Waals surface area contributed by atoms with Crippen LogP contribution in [0.15, 0.2) is 18.3 Å². The first-order valence-corrected chi connectivity index (χ1v) is 6.41. The Balaban J connectivity index is 2.15. The third-order valence-electron chi connectivity index (χ3n) is 3.16. The molecule has 1 saturated heterocycles. The highest BCUT2D eigenvalue weighted by molar-refractivity contribution is 6.29. The number of terminal acetylenes is 1. The summed E-state index contributed by atoms with van der Waals surface area (Å²) in [4.78, 5) is 6.26. The molecule has 1 unspecified atom stereocenters. The zero-order valence-electron chi connectivity index (χ0n) is 10.7. The van der Waals surface area contributed by atoms with Crippen LogP contribution < -0.4 is 4.74 Å². The molecule has 0 aliphatic carbocycles. The van der Waals surface area contributed by atoms with Gasteiger partial charge < -0.3 is 4.74 Å². The fourth-order valence-corrected chi connectivity index (χ4v) is 2.00.